The largest absolute Gasteiger partial charge is 0.357 e. The van der Waals surface area contributed by atoms with E-state index in [1.807, 2.05) is 25.1 Å². The molecule has 1 saturated heterocycles. The summed E-state index contributed by atoms with van der Waals surface area (Å²) in [5, 5.41) is 1.29. The van der Waals surface area contributed by atoms with Crippen LogP contribution in [0.4, 0.5) is 0 Å². The molecule has 0 saturated carbocycles. The Morgan fingerprint density at radius 1 is 1.38 bits per heavy atom. The SMILES string of the molecule is Cc1[nH]c2c(Cl)cccc2c(=O)c1CN1CCCC[C@@H]1C. The van der Waals surface area contributed by atoms with Crippen LogP contribution in [0.3, 0.4) is 0 Å². The Morgan fingerprint density at radius 2 is 2.19 bits per heavy atom. The van der Waals surface area contributed by atoms with Gasteiger partial charge in [-0.2, -0.15) is 0 Å². The summed E-state index contributed by atoms with van der Waals surface area (Å²) in [6.45, 7) is 6.02. The molecule has 112 valence electrons. The third-order valence-electron chi connectivity index (χ3n) is 4.60. The lowest BCUT2D eigenvalue weighted by Crippen LogP contribution is -2.38. The number of rotatable bonds is 2. The predicted molar refractivity (Wildman–Crippen MR) is 88.0 cm³/mol. The van der Waals surface area contributed by atoms with Crippen molar-refractivity contribution in [3.8, 4) is 0 Å². The maximum atomic E-state index is 12.8. The van der Waals surface area contributed by atoms with Gasteiger partial charge in [-0.25, -0.2) is 0 Å². The van der Waals surface area contributed by atoms with Gasteiger partial charge in [-0.05, 0) is 45.4 Å². The molecule has 1 atom stereocenters. The zero-order valence-corrected chi connectivity index (χ0v) is 13.3. The molecule has 1 aromatic heterocycles. The molecule has 3 rings (SSSR count). The molecule has 2 heterocycles. The summed E-state index contributed by atoms with van der Waals surface area (Å²) >= 11 is 6.19. The van der Waals surface area contributed by atoms with Crippen molar-refractivity contribution in [3.05, 3.63) is 44.7 Å². The number of likely N-dealkylation sites (tertiary alicyclic amines) is 1. The minimum atomic E-state index is 0.113. The first-order valence-electron chi connectivity index (χ1n) is 7.62. The predicted octanol–water partition coefficient (Wildman–Crippen LogP) is 3.86. The number of hydrogen-bond donors (Lipinski definition) is 1. The van der Waals surface area contributed by atoms with Gasteiger partial charge in [-0.1, -0.05) is 24.1 Å². The highest BCUT2D eigenvalue weighted by Crippen LogP contribution is 2.23. The molecular formula is C17H21ClN2O. The Balaban J connectivity index is 2.04. The van der Waals surface area contributed by atoms with E-state index in [2.05, 4.69) is 16.8 Å². The highest BCUT2D eigenvalue weighted by molar-refractivity contribution is 6.35. The molecule has 0 radical (unpaired) electrons. The van der Waals surface area contributed by atoms with Crippen molar-refractivity contribution >= 4 is 22.5 Å². The molecule has 0 amide bonds. The molecule has 4 heteroatoms. The van der Waals surface area contributed by atoms with Crippen LogP contribution in [0.25, 0.3) is 10.9 Å². The van der Waals surface area contributed by atoms with Crippen molar-refractivity contribution in [3.63, 3.8) is 0 Å². The molecule has 21 heavy (non-hydrogen) atoms. The Bertz CT molecular complexity index is 723. The van der Waals surface area contributed by atoms with E-state index >= 15 is 0 Å². The molecule has 0 aliphatic carbocycles. The van der Waals surface area contributed by atoms with Crippen molar-refractivity contribution in [1.29, 1.82) is 0 Å². The molecular weight excluding hydrogens is 284 g/mol. The van der Waals surface area contributed by atoms with Crippen LogP contribution in [0.15, 0.2) is 23.0 Å². The molecule has 0 unspecified atom stereocenters. The van der Waals surface area contributed by atoms with Crippen molar-refractivity contribution in [2.45, 2.75) is 45.7 Å². The third kappa shape index (κ3) is 2.72. The van der Waals surface area contributed by atoms with Gasteiger partial charge in [0.1, 0.15) is 0 Å². The van der Waals surface area contributed by atoms with Gasteiger partial charge in [0.15, 0.2) is 5.43 Å². The Kier molecular flexibility index (Phi) is 4.05. The molecule has 1 N–H and O–H groups in total. The summed E-state index contributed by atoms with van der Waals surface area (Å²) in [7, 11) is 0. The molecule has 1 aliphatic rings. The minimum Gasteiger partial charge on any atom is -0.357 e. The zero-order valence-electron chi connectivity index (χ0n) is 12.6. The summed E-state index contributed by atoms with van der Waals surface area (Å²) in [6, 6.07) is 6.05. The number of nitrogens with one attached hydrogen (secondary N) is 1. The summed E-state index contributed by atoms with van der Waals surface area (Å²) in [5.74, 6) is 0. The summed E-state index contributed by atoms with van der Waals surface area (Å²) in [4.78, 5) is 18.5. The average molecular weight is 305 g/mol. The van der Waals surface area contributed by atoms with E-state index in [0.29, 0.717) is 16.5 Å². The van der Waals surface area contributed by atoms with E-state index in [4.69, 9.17) is 11.6 Å². The van der Waals surface area contributed by atoms with Crippen LogP contribution in [0.2, 0.25) is 5.02 Å². The van der Waals surface area contributed by atoms with Crippen LogP contribution in [-0.2, 0) is 6.54 Å². The molecule has 1 aromatic carbocycles. The molecule has 0 spiro atoms. The Hall–Kier alpha value is -1.32. The number of aromatic amines is 1. The first-order chi connectivity index (χ1) is 10.1. The van der Waals surface area contributed by atoms with Gasteiger partial charge in [0, 0.05) is 29.2 Å². The second-order valence-electron chi connectivity index (χ2n) is 6.04. The Labute approximate surface area is 129 Å². The lowest BCUT2D eigenvalue weighted by Gasteiger charge is -2.33. The van der Waals surface area contributed by atoms with Crippen LogP contribution in [0, 0.1) is 6.92 Å². The van der Waals surface area contributed by atoms with E-state index in [1.165, 1.54) is 19.3 Å². The number of piperidine rings is 1. The highest BCUT2D eigenvalue weighted by Gasteiger charge is 2.21. The van der Waals surface area contributed by atoms with Gasteiger partial charge in [-0.3, -0.25) is 9.69 Å². The van der Waals surface area contributed by atoms with Gasteiger partial charge >= 0.3 is 0 Å². The van der Waals surface area contributed by atoms with Gasteiger partial charge in [-0.15, -0.1) is 0 Å². The summed E-state index contributed by atoms with van der Waals surface area (Å²) in [5.41, 5.74) is 2.66. The van der Waals surface area contributed by atoms with Crippen molar-refractivity contribution in [1.82, 2.24) is 9.88 Å². The number of benzene rings is 1. The quantitative estimate of drug-likeness (QED) is 0.914. The number of aromatic nitrogens is 1. The second-order valence-corrected chi connectivity index (χ2v) is 6.44. The van der Waals surface area contributed by atoms with E-state index in [0.717, 1.165) is 29.9 Å². The molecule has 3 nitrogen and oxygen atoms in total. The number of aryl methyl sites for hydroxylation is 1. The fourth-order valence-corrected chi connectivity index (χ4v) is 3.44. The number of fused-ring (bicyclic) bond motifs is 1. The van der Waals surface area contributed by atoms with Gasteiger partial charge in [0.2, 0.25) is 0 Å². The maximum Gasteiger partial charge on any atom is 0.194 e. The maximum absolute atomic E-state index is 12.8. The number of pyridine rings is 1. The standard InChI is InChI=1S/C17H21ClN2O/c1-11-6-3-4-9-20(11)10-14-12(2)19-16-13(17(14)21)7-5-8-15(16)18/h5,7-8,11H,3-4,6,9-10H2,1-2H3,(H,19,21)/t11-/m0/s1. The molecule has 0 bridgehead atoms. The smallest absolute Gasteiger partial charge is 0.194 e. The number of hydrogen-bond acceptors (Lipinski definition) is 2. The lowest BCUT2D eigenvalue weighted by atomic mass is 10.0. The van der Waals surface area contributed by atoms with Gasteiger partial charge < -0.3 is 4.98 Å². The number of halogens is 1. The van der Waals surface area contributed by atoms with Gasteiger partial charge in [0.25, 0.3) is 0 Å². The molecule has 1 fully saturated rings. The van der Waals surface area contributed by atoms with Crippen LogP contribution in [0.1, 0.15) is 37.4 Å². The normalized spacial score (nSPS) is 20.0. The first-order valence-corrected chi connectivity index (χ1v) is 7.99. The first kappa shape index (κ1) is 14.6. The van der Waals surface area contributed by atoms with E-state index in [9.17, 15) is 4.79 Å². The third-order valence-corrected chi connectivity index (χ3v) is 4.91. The second kappa shape index (κ2) is 5.82. The summed E-state index contributed by atoms with van der Waals surface area (Å²) in [6.07, 6.45) is 3.73. The average Bonchev–Trinajstić information content (AvgIpc) is 2.46. The van der Waals surface area contributed by atoms with E-state index < -0.39 is 0 Å². The highest BCUT2D eigenvalue weighted by atomic mass is 35.5. The fourth-order valence-electron chi connectivity index (χ4n) is 3.22. The van der Waals surface area contributed by atoms with Crippen molar-refractivity contribution in [2.24, 2.45) is 0 Å². The fraction of sp³-hybridized carbons (Fsp3) is 0.471. The number of H-pyrrole nitrogens is 1. The van der Waals surface area contributed by atoms with Crippen LogP contribution < -0.4 is 5.43 Å². The van der Waals surface area contributed by atoms with Crippen LogP contribution >= 0.6 is 11.6 Å². The molecule has 2 aromatic rings. The van der Waals surface area contributed by atoms with Gasteiger partial charge in [0.05, 0.1) is 10.5 Å². The number of para-hydroxylation sites is 1. The topological polar surface area (TPSA) is 36.1 Å². The monoisotopic (exact) mass is 304 g/mol. The van der Waals surface area contributed by atoms with E-state index in [-0.39, 0.29) is 5.43 Å². The lowest BCUT2D eigenvalue weighted by molar-refractivity contribution is 0.152. The zero-order chi connectivity index (χ0) is 15.0. The van der Waals surface area contributed by atoms with Crippen molar-refractivity contribution in [2.75, 3.05) is 6.54 Å². The number of nitrogens with zero attached hydrogens (tertiary/aromatic N) is 1. The van der Waals surface area contributed by atoms with Crippen molar-refractivity contribution < 1.29 is 0 Å². The minimum absolute atomic E-state index is 0.113. The van der Waals surface area contributed by atoms with Crippen LogP contribution in [-0.4, -0.2) is 22.5 Å². The summed E-state index contributed by atoms with van der Waals surface area (Å²) < 4.78 is 0. The van der Waals surface area contributed by atoms with E-state index in [1.54, 1.807) is 0 Å². The Morgan fingerprint density at radius 3 is 2.95 bits per heavy atom. The van der Waals surface area contributed by atoms with Crippen LogP contribution in [0.5, 0.6) is 0 Å². The molecule has 1 aliphatic heterocycles.